The van der Waals surface area contributed by atoms with Gasteiger partial charge in [0.05, 0.1) is 0 Å². The van der Waals surface area contributed by atoms with Crippen molar-refractivity contribution in [1.82, 2.24) is 0 Å². The molecule has 0 saturated heterocycles. The van der Waals surface area contributed by atoms with E-state index in [2.05, 4.69) is 24.3 Å². The van der Waals surface area contributed by atoms with Crippen molar-refractivity contribution in [2.75, 3.05) is 11.5 Å². The molecule has 0 amide bonds. The van der Waals surface area contributed by atoms with Crippen molar-refractivity contribution in [2.45, 2.75) is 48.3 Å². The minimum atomic E-state index is -0.699. The summed E-state index contributed by atoms with van der Waals surface area (Å²) in [4.78, 5) is 23.0. The number of thioether (sulfide) groups is 2. The van der Waals surface area contributed by atoms with E-state index in [-0.39, 0.29) is 12.8 Å². The lowest BCUT2D eigenvalue weighted by molar-refractivity contribution is -0.138. The summed E-state index contributed by atoms with van der Waals surface area (Å²) >= 11 is 3.56. The molecular formula is C22H28O4S2. The van der Waals surface area contributed by atoms with Crippen LogP contribution in [0.2, 0.25) is 0 Å². The van der Waals surface area contributed by atoms with Gasteiger partial charge < -0.3 is 10.2 Å². The molecule has 2 N–H and O–H groups in total. The molecule has 0 aliphatic heterocycles. The quantitative estimate of drug-likeness (QED) is 0.321. The topological polar surface area (TPSA) is 74.6 Å². The van der Waals surface area contributed by atoms with Gasteiger partial charge in [-0.3, -0.25) is 9.59 Å². The van der Waals surface area contributed by atoms with Crippen LogP contribution in [0.5, 0.6) is 0 Å². The first-order valence-corrected chi connectivity index (χ1v) is 11.3. The summed E-state index contributed by atoms with van der Waals surface area (Å²) < 4.78 is 0. The molecule has 0 radical (unpaired) electrons. The van der Waals surface area contributed by atoms with Crippen LogP contribution in [-0.2, 0) is 9.59 Å². The number of unbranched alkanes of at least 4 members (excludes halogenated alkanes) is 2. The zero-order valence-electron chi connectivity index (χ0n) is 16.0. The van der Waals surface area contributed by atoms with Crippen LogP contribution in [0.3, 0.4) is 0 Å². The molecule has 28 heavy (non-hydrogen) atoms. The molecule has 2 aromatic rings. The minimum absolute atomic E-state index is 0.287. The van der Waals surface area contributed by atoms with Crippen LogP contribution in [0.4, 0.5) is 0 Å². The van der Waals surface area contributed by atoms with Gasteiger partial charge in [-0.15, -0.1) is 23.5 Å². The number of hydrogen-bond donors (Lipinski definition) is 2. The first kappa shape index (κ1) is 24.1. The molecule has 0 aliphatic carbocycles. The summed E-state index contributed by atoms with van der Waals surface area (Å²) in [5, 5.41) is 16.8. The summed E-state index contributed by atoms with van der Waals surface area (Å²) in [5.74, 6) is 0.596. The normalized spacial score (nSPS) is 10.0. The van der Waals surface area contributed by atoms with E-state index in [0.29, 0.717) is 0 Å². The molecule has 152 valence electrons. The van der Waals surface area contributed by atoms with Gasteiger partial charge in [-0.2, -0.15) is 0 Å². The first-order chi connectivity index (χ1) is 13.6. The molecule has 0 saturated carbocycles. The Morgan fingerprint density at radius 1 is 0.607 bits per heavy atom. The Balaban J connectivity index is 0.000000280. The Kier molecular flexibility index (Phi) is 13.8. The Bertz CT molecular complexity index is 603. The maximum atomic E-state index is 10.2. The summed E-state index contributed by atoms with van der Waals surface area (Å²) in [7, 11) is 0. The fourth-order valence-corrected chi connectivity index (χ4v) is 4.04. The lowest BCUT2D eigenvalue weighted by atomic mass is 10.2. The third-order valence-corrected chi connectivity index (χ3v) is 5.79. The summed E-state index contributed by atoms with van der Waals surface area (Å²) in [5.41, 5.74) is 0. The minimum Gasteiger partial charge on any atom is -0.481 e. The fraction of sp³-hybridized carbons (Fsp3) is 0.364. The lowest BCUT2D eigenvalue weighted by Gasteiger charge is -1.99. The number of rotatable bonds is 12. The highest BCUT2D eigenvalue weighted by molar-refractivity contribution is 7.99. The van der Waals surface area contributed by atoms with Gasteiger partial charge in [0, 0.05) is 22.6 Å². The third kappa shape index (κ3) is 14.2. The summed E-state index contributed by atoms with van der Waals surface area (Å²) in [6.45, 7) is 0. The van der Waals surface area contributed by atoms with Crippen molar-refractivity contribution < 1.29 is 19.8 Å². The average Bonchev–Trinajstić information content (AvgIpc) is 2.69. The number of aliphatic carboxylic acids is 2. The number of carboxylic acids is 2. The van der Waals surface area contributed by atoms with Gasteiger partial charge in [0.25, 0.3) is 0 Å². The fourth-order valence-electron chi connectivity index (χ4n) is 2.17. The molecule has 0 aromatic heterocycles. The zero-order chi connectivity index (χ0) is 20.5. The number of benzene rings is 2. The average molecular weight is 421 g/mol. The Morgan fingerprint density at radius 3 is 1.29 bits per heavy atom. The molecule has 4 nitrogen and oxygen atoms in total. The molecule has 6 heteroatoms. The molecule has 0 spiro atoms. The Hall–Kier alpha value is -1.92. The van der Waals surface area contributed by atoms with Crippen molar-refractivity contribution in [3.8, 4) is 0 Å². The van der Waals surface area contributed by atoms with Gasteiger partial charge in [0.15, 0.2) is 0 Å². The second-order valence-corrected chi connectivity index (χ2v) is 8.36. The van der Waals surface area contributed by atoms with Gasteiger partial charge in [0.2, 0.25) is 0 Å². The first-order valence-electron chi connectivity index (χ1n) is 9.37. The van der Waals surface area contributed by atoms with E-state index < -0.39 is 11.9 Å². The van der Waals surface area contributed by atoms with Crippen molar-refractivity contribution in [3.05, 3.63) is 60.7 Å². The van der Waals surface area contributed by atoms with E-state index in [0.717, 1.165) is 37.2 Å². The largest absolute Gasteiger partial charge is 0.481 e. The zero-order valence-corrected chi connectivity index (χ0v) is 17.6. The second-order valence-electron chi connectivity index (χ2n) is 6.02. The molecule has 2 rings (SSSR count). The van der Waals surface area contributed by atoms with Gasteiger partial charge in [0.1, 0.15) is 0 Å². The van der Waals surface area contributed by atoms with Crippen LogP contribution in [0.25, 0.3) is 0 Å². The Morgan fingerprint density at radius 2 is 0.964 bits per heavy atom. The molecule has 0 heterocycles. The maximum absolute atomic E-state index is 10.2. The van der Waals surface area contributed by atoms with Crippen molar-refractivity contribution in [2.24, 2.45) is 0 Å². The van der Waals surface area contributed by atoms with Crippen molar-refractivity contribution in [1.29, 1.82) is 0 Å². The van der Waals surface area contributed by atoms with Crippen LogP contribution >= 0.6 is 23.5 Å². The van der Waals surface area contributed by atoms with Crippen molar-refractivity contribution in [3.63, 3.8) is 0 Å². The number of carboxylic acid groups (broad SMARTS) is 2. The monoisotopic (exact) mass is 420 g/mol. The van der Waals surface area contributed by atoms with E-state index in [4.69, 9.17) is 10.2 Å². The van der Waals surface area contributed by atoms with Gasteiger partial charge in [-0.05, 0) is 61.5 Å². The SMILES string of the molecule is O=C(O)CCCCSc1ccccc1.O=C(O)CCCCSc1ccccc1. The van der Waals surface area contributed by atoms with Crippen LogP contribution in [0.1, 0.15) is 38.5 Å². The number of hydrogen-bond acceptors (Lipinski definition) is 4. The van der Waals surface area contributed by atoms with Crippen LogP contribution in [-0.4, -0.2) is 33.7 Å². The highest BCUT2D eigenvalue weighted by Crippen LogP contribution is 2.19. The lowest BCUT2D eigenvalue weighted by Crippen LogP contribution is -1.94. The molecule has 0 bridgehead atoms. The van der Waals surface area contributed by atoms with Gasteiger partial charge in [-0.25, -0.2) is 0 Å². The van der Waals surface area contributed by atoms with Gasteiger partial charge in [-0.1, -0.05) is 36.4 Å². The van der Waals surface area contributed by atoms with E-state index in [1.165, 1.54) is 9.79 Å². The highest BCUT2D eigenvalue weighted by Gasteiger charge is 1.98. The molecule has 0 aliphatic rings. The summed E-state index contributed by atoms with van der Waals surface area (Å²) in [6, 6.07) is 20.3. The predicted octanol–water partition coefficient (Wildman–Crippen LogP) is 6.07. The van der Waals surface area contributed by atoms with Gasteiger partial charge >= 0.3 is 11.9 Å². The predicted molar refractivity (Wildman–Crippen MR) is 117 cm³/mol. The second kappa shape index (κ2) is 16.1. The summed E-state index contributed by atoms with van der Waals surface area (Å²) in [6.07, 6.45) is 4.05. The molecule has 0 unspecified atom stereocenters. The smallest absolute Gasteiger partial charge is 0.303 e. The number of carbonyl (C=O) groups is 2. The molecule has 2 aromatic carbocycles. The highest BCUT2D eigenvalue weighted by atomic mass is 32.2. The van der Waals surface area contributed by atoms with E-state index >= 15 is 0 Å². The van der Waals surface area contributed by atoms with Crippen LogP contribution < -0.4 is 0 Å². The Labute approximate surface area is 175 Å². The molecular weight excluding hydrogens is 392 g/mol. The van der Waals surface area contributed by atoms with E-state index in [1.54, 1.807) is 23.5 Å². The third-order valence-electron chi connectivity index (χ3n) is 3.59. The van der Waals surface area contributed by atoms with E-state index in [9.17, 15) is 9.59 Å². The molecule has 0 atom stereocenters. The molecule has 0 fully saturated rings. The van der Waals surface area contributed by atoms with Crippen LogP contribution in [0.15, 0.2) is 70.5 Å². The van der Waals surface area contributed by atoms with Crippen molar-refractivity contribution >= 4 is 35.5 Å². The standard InChI is InChI=1S/2C11H14O2S/c2*12-11(13)8-4-5-9-14-10-6-2-1-3-7-10/h2*1-3,6-7H,4-5,8-9H2,(H,12,13). The van der Waals surface area contributed by atoms with Crippen LogP contribution in [0, 0.1) is 0 Å². The maximum Gasteiger partial charge on any atom is 0.303 e. The van der Waals surface area contributed by atoms with E-state index in [1.807, 2.05) is 36.4 Å².